The Morgan fingerprint density at radius 3 is 2.15 bits per heavy atom. The van der Waals surface area contributed by atoms with E-state index >= 15 is 0 Å². The fraction of sp³-hybridized carbons (Fsp3) is 0.882. The number of hydrogen-bond donors (Lipinski definition) is 0. The molecule has 0 aliphatic heterocycles. The van der Waals surface area contributed by atoms with E-state index in [1.165, 1.54) is 63.6 Å². The van der Waals surface area contributed by atoms with Crippen LogP contribution in [0.1, 0.15) is 84.4 Å². The maximum Gasteiger partial charge on any atom is 0.132 e. The van der Waals surface area contributed by atoms with Gasteiger partial charge in [-0.3, -0.25) is 0 Å². The Hall–Kier alpha value is -0.860. The average Bonchev–Trinajstić information content (AvgIpc) is 2.83. The number of rotatable bonds is 12. The van der Waals surface area contributed by atoms with Crippen LogP contribution in [0.3, 0.4) is 0 Å². The summed E-state index contributed by atoms with van der Waals surface area (Å²) in [5.41, 5.74) is 0. The number of aryl methyl sites for hydroxylation is 1. The van der Waals surface area contributed by atoms with Crippen molar-refractivity contribution in [2.45, 2.75) is 91.5 Å². The monoisotopic (exact) mass is 279 g/mol. The first kappa shape index (κ1) is 17.2. The molecule has 0 unspecified atom stereocenters. The van der Waals surface area contributed by atoms with Crippen molar-refractivity contribution in [3.63, 3.8) is 0 Å². The summed E-state index contributed by atoms with van der Waals surface area (Å²) in [6, 6.07) is 0. The molecule has 3 heteroatoms. The second-order valence-corrected chi connectivity index (χ2v) is 6.37. The van der Waals surface area contributed by atoms with Crippen LogP contribution in [0.5, 0.6) is 0 Å². The van der Waals surface area contributed by atoms with E-state index in [1.807, 2.05) is 6.33 Å². The van der Waals surface area contributed by atoms with Crippen molar-refractivity contribution in [2.24, 2.45) is 5.92 Å². The molecule has 0 fully saturated rings. The molecule has 3 nitrogen and oxygen atoms in total. The summed E-state index contributed by atoms with van der Waals surface area (Å²) in [5.74, 6) is 1.83. The van der Waals surface area contributed by atoms with Crippen molar-refractivity contribution in [1.29, 1.82) is 0 Å². The van der Waals surface area contributed by atoms with E-state index in [0.717, 1.165) is 13.0 Å². The van der Waals surface area contributed by atoms with E-state index in [9.17, 15) is 0 Å². The number of nitrogens with zero attached hydrogens (tertiary/aromatic N) is 3. The summed E-state index contributed by atoms with van der Waals surface area (Å²) in [6.45, 7) is 7.79. The Morgan fingerprint density at radius 1 is 0.950 bits per heavy atom. The maximum absolute atomic E-state index is 4.25. The van der Waals surface area contributed by atoms with E-state index in [2.05, 4.69) is 35.5 Å². The Kier molecular flexibility index (Phi) is 9.35. The third-order valence-corrected chi connectivity index (χ3v) is 3.76. The molecule has 1 heterocycles. The number of hydrogen-bond acceptors (Lipinski definition) is 2. The molecule has 0 aliphatic rings. The van der Waals surface area contributed by atoms with Crippen molar-refractivity contribution >= 4 is 0 Å². The molecule has 0 saturated heterocycles. The second kappa shape index (κ2) is 10.9. The van der Waals surface area contributed by atoms with E-state index in [4.69, 9.17) is 0 Å². The minimum Gasteiger partial charge on any atom is -0.317 e. The summed E-state index contributed by atoms with van der Waals surface area (Å²) < 4.78 is 2.22. The molecule has 1 aromatic heterocycles. The quantitative estimate of drug-likeness (QED) is 0.504. The molecule has 0 radical (unpaired) electrons. The fourth-order valence-corrected chi connectivity index (χ4v) is 2.61. The lowest BCUT2D eigenvalue weighted by molar-refractivity contribution is 0.498. The largest absolute Gasteiger partial charge is 0.317 e. The summed E-state index contributed by atoms with van der Waals surface area (Å²) in [6.07, 6.45) is 15.4. The van der Waals surface area contributed by atoms with Gasteiger partial charge in [-0.05, 0) is 12.3 Å². The van der Waals surface area contributed by atoms with E-state index < -0.39 is 0 Å². The normalized spacial score (nSPS) is 11.4. The highest BCUT2D eigenvalue weighted by Gasteiger charge is 2.05. The van der Waals surface area contributed by atoms with Crippen LogP contribution in [-0.4, -0.2) is 14.8 Å². The summed E-state index contributed by atoms with van der Waals surface area (Å²) in [7, 11) is 0. The molecule has 0 saturated carbocycles. The minimum absolute atomic E-state index is 0.660. The van der Waals surface area contributed by atoms with Gasteiger partial charge in [0.1, 0.15) is 12.2 Å². The van der Waals surface area contributed by atoms with Crippen LogP contribution in [-0.2, 0) is 13.0 Å². The van der Waals surface area contributed by atoms with Crippen molar-refractivity contribution in [3.8, 4) is 0 Å². The van der Waals surface area contributed by atoms with Gasteiger partial charge in [-0.25, -0.2) is 0 Å². The van der Waals surface area contributed by atoms with Crippen LogP contribution in [0.2, 0.25) is 0 Å². The van der Waals surface area contributed by atoms with Crippen LogP contribution in [0.15, 0.2) is 6.33 Å². The first-order chi connectivity index (χ1) is 9.74. The van der Waals surface area contributed by atoms with Crippen molar-refractivity contribution in [1.82, 2.24) is 14.8 Å². The molecule has 0 amide bonds. The molecule has 0 spiro atoms. The number of aromatic nitrogens is 3. The smallest absolute Gasteiger partial charge is 0.132 e. The highest BCUT2D eigenvalue weighted by atomic mass is 15.3. The summed E-state index contributed by atoms with van der Waals surface area (Å²) in [5, 5.41) is 8.29. The van der Waals surface area contributed by atoms with Crippen LogP contribution in [0.25, 0.3) is 0 Å². The van der Waals surface area contributed by atoms with Crippen molar-refractivity contribution < 1.29 is 0 Å². The first-order valence-electron chi connectivity index (χ1n) is 8.60. The topological polar surface area (TPSA) is 30.7 Å². The van der Waals surface area contributed by atoms with Gasteiger partial charge in [0.25, 0.3) is 0 Å². The van der Waals surface area contributed by atoms with Gasteiger partial charge in [-0.2, -0.15) is 0 Å². The van der Waals surface area contributed by atoms with Crippen LogP contribution in [0.4, 0.5) is 0 Å². The molecule has 20 heavy (non-hydrogen) atoms. The molecular weight excluding hydrogens is 246 g/mol. The second-order valence-electron chi connectivity index (χ2n) is 6.37. The first-order valence-corrected chi connectivity index (χ1v) is 8.60. The van der Waals surface area contributed by atoms with Crippen molar-refractivity contribution in [3.05, 3.63) is 12.2 Å². The SMILES string of the molecule is CCCCCCCCCCCc1nncn1CC(C)C. The van der Waals surface area contributed by atoms with Crippen LogP contribution < -0.4 is 0 Å². The lowest BCUT2D eigenvalue weighted by Crippen LogP contribution is -2.07. The van der Waals surface area contributed by atoms with E-state index in [-0.39, 0.29) is 0 Å². The predicted molar refractivity (Wildman–Crippen MR) is 85.8 cm³/mol. The number of unbranched alkanes of at least 4 members (excludes halogenated alkanes) is 8. The molecule has 0 aliphatic carbocycles. The molecule has 0 bridgehead atoms. The Labute approximate surface area is 125 Å². The molecule has 0 aromatic carbocycles. The fourth-order valence-electron chi connectivity index (χ4n) is 2.61. The van der Waals surface area contributed by atoms with Gasteiger partial charge in [0.05, 0.1) is 0 Å². The lowest BCUT2D eigenvalue weighted by atomic mass is 10.1. The molecule has 116 valence electrons. The van der Waals surface area contributed by atoms with Crippen LogP contribution in [0, 0.1) is 5.92 Å². The van der Waals surface area contributed by atoms with E-state index in [0.29, 0.717) is 5.92 Å². The van der Waals surface area contributed by atoms with Gasteiger partial charge in [0.2, 0.25) is 0 Å². The highest BCUT2D eigenvalue weighted by Crippen LogP contribution is 2.11. The van der Waals surface area contributed by atoms with Gasteiger partial charge < -0.3 is 4.57 Å². The zero-order valence-corrected chi connectivity index (χ0v) is 13.8. The standard InChI is InChI=1S/C17H33N3/c1-4-5-6-7-8-9-10-11-12-13-17-19-18-15-20(17)14-16(2)3/h15-16H,4-14H2,1-3H3. The molecule has 0 atom stereocenters. The Balaban J connectivity index is 2.02. The van der Waals surface area contributed by atoms with E-state index in [1.54, 1.807) is 0 Å². The summed E-state index contributed by atoms with van der Waals surface area (Å²) in [4.78, 5) is 0. The predicted octanol–water partition coefficient (Wildman–Crippen LogP) is 5.01. The Bertz CT molecular complexity index is 331. The lowest BCUT2D eigenvalue weighted by Gasteiger charge is -2.08. The van der Waals surface area contributed by atoms with Gasteiger partial charge in [-0.1, -0.05) is 72.1 Å². The van der Waals surface area contributed by atoms with Gasteiger partial charge >= 0.3 is 0 Å². The molecular formula is C17H33N3. The zero-order valence-electron chi connectivity index (χ0n) is 13.8. The summed E-state index contributed by atoms with van der Waals surface area (Å²) >= 11 is 0. The average molecular weight is 279 g/mol. The minimum atomic E-state index is 0.660. The third-order valence-electron chi connectivity index (χ3n) is 3.76. The highest BCUT2D eigenvalue weighted by molar-refractivity contribution is 4.86. The van der Waals surface area contributed by atoms with Gasteiger partial charge in [0, 0.05) is 13.0 Å². The van der Waals surface area contributed by atoms with Gasteiger partial charge in [-0.15, -0.1) is 10.2 Å². The van der Waals surface area contributed by atoms with Gasteiger partial charge in [0.15, 0.2) is 0 Å². The molecule has 1 aromatic rings. The molecule has 0 N–H and O–H groups in total. The third kappa shape index (κ3) is 7.66. The maximum atomic E-state index is 4.25. The van der Waals surface area contributed by atoms with Crippen molar-refractivity contribution in [2.75, 3.05) is 0 Å². The zero-order chi connectivity index (χ0) is 14.6. The molecule has 1 rings (SSSR count). The Morgan fingerprint density at radius 2 is 1.55 bits per heavy atom. The van der Waals surface area contributed by atoms with Crippen LogP contribution >= 0.6 is 0 Å².